The summed E-state index contributed by atoms with van der Waals surface area (Å²) in [5, 5.41) is 8.36. The third kappa shape index (κ3) is 2.83. The summed E-state index contributed by atoms with van der Waals surface area (Å²) < 4.78 is 0. The van der Waals surface area contributed by atoms with E-state index in [4.69, 9.17) is 0 Å². The summed E-state index contributed by atoms with van der Waals surface area (Å²) in [5.41, 5.74) is 0. The van der Waals surface area contributed by atoms with Crippen molar-refractivity contribution in [1.82, 2.24) is 10.6 Å². The van der Waals surface area contributed by atoms with Gasteiger partial charge in [0.1, 0.15) is 0 Å². The van der Waals surface area contributed by atoms with Crippen molar-refractivity contribution in [1.29, 1.82) is 0 Å². The predicted molar refractivity (Wildman–Crippen MR) is 66.5 cm³/mol. The van der Waals surface area contributed by atoms with E-state index >= 15 is 0 Å². The minimum absolute atomic E-state index is 0.0103. The molecule has 2 rings (SSSR count). The molecule has 1 amide bonds. The second-order valence-corrected chi connectivity index (χ2v) is 5.23. The van der Waals surface area contributed by atoms with Gasteiger partial charge in [0.15, 0.2) is 0 Å². The van der Waals surface area contributed by atoms with Crippen LogP contribution >= 0.6 is 11.3 Å². The molecule has 2 N–H and O–H groups in total. The van der Waals surface area contributed by atoms with E-state index in [2.05, 4.69) is 16.7 Å². The molecule has 1 aromatic rings. The number of piperidine rings is 1. The Morgan fingerprint density at radius 1 is 1.62 bits per heavy atom. The van der Waals surface area contributed by atoms with Gasteiger partial charge >= 0.3 is 0 Å². The summed E-state index contributed by atoms with van der Waals surface area (Å²) in [4.78, 5) is 13.1. The Labute approximate surface area is 100 Å². The molecular weight excluding hydrogens is 220 g/mol. The molecule has 0 spiro atoms. The fraction of sp³-hybridized carbons (Fsp3) is 0.583. The molecule has 0 aliphatic carbocycles. The van der Waals surface area contributed by atoms with Gasteiger partial charge in [-0.3, -0.25) is 4.79 Å². The van der Waals surface area contributed by atoms with Gasteiger partial charge in [-0.2, -0.15) is 0 Å². The molecule has 3 nitrogen and oxygen atoms in total. The number of thiophene rings is 1. The van der Waals surface area contributed by atoms with E-state index in [0.29, 0.717) is 0 Å². The van der Waals surface area contributed by atoms with Crippen molar-refractivity contribution in [3.63, 3.8) is 0 Å². The van der Waals surface area contributed by atoms with Crippen LogP contribution in [0.2, 0.25) is 0 Å². The fourth-order valence-corrected chi connectivity index (χ4v) is 2.73. The summed E-state index contributed by atoms with van der Waals surface area (Å²) in [6.07, 6.45) is 3.30. The van der Waals surface area contributed by atoms with Gasteiger partial charge in [-0.1, -0.05) is 12.5 Å². The third-order valence-corrected chi connectivity index (χ3v) is 4.01. The SMILES string of the molecule is C[C@@H](NC(=O)[C@@H]1CCCCN1)c1cccs1. The van der Waals surface area contributed by atoms with Gasteiger partial charge in [0.2, 0.25) is 5.91 Å². The van der Waals surface area contributed by atoms with Crippen LogP contribution in [0.3, 0.4) is 0 Å². The third-order valence-electron chi connectivity index (χ3n) is 2.96. The van der Waals surface area contributed by atoms with Gasteiger partial charge in [0.25, 0.3) is 0 Å². The van der Waals surface area contributed by atoms with Crippen molar-refractivity contribution in [3.8, 4) is 0 Å². The first-order chi connectivity index (χ1) is 7.77. The van der Waals surface area contributed by atoms with E-state index in [1.54, 1.807) is 11.3 Å². The van der Waals surface area contributed by atoms with E-state index in [0.717, 1.165) is 19.4 Å². The minimum Gasteiger partial charge on any atom is -0.347 e. The smallest absolute Gasteiger partial charge is 0.237 e. The Kier molecular flexibility index (Phi) is 3.96. The van der Waals surface area contributed by atoms with Crippen LogP contribution in [-0.4, -0.2) is 18.5 Å². The van der Waals surface area contributed by atoms with Crippen LogP contribution in [0.25, 0.3) is 0 Å². The molecular formula is C12H18N2OS. The molecule has 2 heterocycles. The molecule has 0 unspecified atom stereocenters. The number of carbonyl (C=O) groups is 1. The second kappa shape index (κ2) is 5.46. The normalized spacial score (nSPS) is 22.7. The average molecular weight is 238 g/mol. The maximum Gasteiger partial charge on any atom is 0.237 e. The average Bonchev–Trinajstić information content (AvgIpc) is 2.83. The van der Waals surface area contributed by atoms with Crippen molar-refractivity contribution < 1.29 is 4.79 Å². The number of amides is 1. The number of hydrogen-bond donors (Lipinski definition) is 2. The van der Waals surface area contributed by atoms with E-state index in [9.17, 15) is 4.79 Å². The predicted octanol–water partition coefficient (Wildman–Crippen LogP) is 2.07. The Hall–Kier alpha value is -0.870. The van der Waals surface area contributed by atoms with Gasteiger partial charge in [0.05, 0.1) is 12.1 Å². The number of hydrogen-bond acceptors (Lipinski definition) is 3. The maximum atomic E-state index is 11.9. The largest absolute Gasteiger partial charge is 0.347 e. The maximum absolute atomic E-state index is 11.9. The lowest BCUT2D eigenvalue weighted by Gasteiger charge is -2.24. The molecule has 1 fully saturated rings. The molecule has 2 atom stereocenters. The summed E-state index contributed by atoms with van der Waals surface area (Å²) in [5.74, 6) is 0.139. The Balaban J connectivity index is 1.86. The molecule has 0 radical (unpaired) electrons. The standard InChI is InChI=1S/C12H18N2OS/c1-9(11-6-4-8-16-11)14-12(15)10-5-2-3-7-13-10/h4,6,8-10,13H,2-3,5,7H2,1H3,(H,14,15)/t9-,10+/m1/s1. The number of nitrogens with one attached hydrogen (secondary N) is 2. The molecule has 0 aromatic carbocycles. The summed E-state index contributed by atoms with van der Waals surface area (Å²) in [7, 11) is 0. The second-order valence-electron chi connectivity index (χ2n) is 4.25. The van der Waals surface area contributed by atoms with Crippen molar-refractivity contribution in [3.05, 3.63) is 22.4 Å². The zero-order valence-corrected chi connectivity index (χ0v) is 10.3. The lowest BCUT2D eigenvalue weighted by atomic mass is 10.0. The van der Waals surface area contributed by atoms with Crippen LogP contribution < -0.4 is 10.6 Å². The lowest BCUT2D eigenvalue weighted by molar-refractivity contribution is -0.124. The summed E-state index contributed by atoms with van der Waals surface area (Å²) in [6.45, 7) is 3.00. The number of carbonyl (C=O) groups excluding carboxylic acids is 1. The van der Waals surface area contributed by atoms with Crippen LogP contribution in [0, 0.1) is 0 Å². The van der Waals surface area contributed by atoms with Crippen molar-refractivity contribution in [2.75, 3.05) is 6.54 Å². The molecule has 1 saturated heterocycles. The minimum atomic E-state index is 0.0103. The highest BCUT2D eigenvalue weighted by atomic mass is 32.1. The highest BCUT2D eigenvalue weighted by Gasteiger charge is 2.22. The van der Waals surface area contributed by atoms with Crippen LogP contribution in [0.15, 0.2) is 17.5 Å². The van der Waals surface area contributed by atoms with Crippen LogP contribution in [0.5, 0.6) is 0 Å². The van der Waals surface area contributed by atoms with Crippen molar-refractivity contribution in [2.45, 2.75) is 38.3 Å². The Bertz CT molecular complexity index is 331. The summed E-state index contributed by atoms with van der Waals surface area (Å²) in [6, 6.07) is 4.21. The quantitative estimate of drug-likeness (QED) is 0.846. The molecule has 1 aliphatic rings. The molecule has 0 bridgehead atoms. The Morgan fingerprint density at radius 3 is 3.12 bits per heavy atom. The molecule has 4 heteroatoms. The van der Waals surface area contributed by atoms with Crippen molar-refractivity contribution >= 4 is 17.2 Å². The fourth-order valence-electron chi connectivity index (χ4n) is 2.00. The van der Waals surface area contributed by atoms with Crippen LogP contribution in [0.1, 0.15) is 37.1 Å². The zero-order valence-electron chi connectivity index (χ0n) is 9.53. The van der Waals surface area contributed by atoms with Crippen LogP contribution in [0.4, 0.5) is 0 Å². The van der Waals surface area contributed by atoms with Gasteiger partial charge in [-0.25, -0.2) is 0 Å². The van der Waals surface area contributed by atoms with E-state index < -0.39 is 0 Å². The molecule has 16 heavy (non-hydrogen) atoms. The molecule has 1 aliphatic heterocycles. The first-order valence-electron chi connectivity index (χ1n) is 5.84. The highest BCUT2D eigenvalue weighted by molar-refractivity contribution is 7.10. The van der Waals surface area contributed by atoms with Crippen LogP contribution in [-0.2, 0) is 4.79 Å². The molecule has 0 saturated carbocycles. The monoisotopic (exact) mass is 238 g/mol. The lowest BCUT2D eigenvalue weighted by Crippen LogP contribution is -2.47. The first-order valence-corrected chi connectivity index (χ1v) is 6.72. The van der Waals surface area contributed by atoms with Gasteiger partial charge < -0.3 is 10.6 Å². The van der Waals surface area contributed by atoms with Gasteiger partial charge in [-0.05, 0) is 37.8 Å². The number of rotatable bonds is 3. The van der Waals surface area contributed by atoms with Gasteiger partial charge in [0, 0.05) is 4.88 Å². The van der Waals surface area contributed by atoms with E-state index in [1.165, 1.54) is 11.3 Å². The first kappa shape index (κ1) is 11.6. The topological polar surface area (TPSA) is 41.1 Å². The highest BCUT2D eigenvalue weighted by Crippen LogP contribution is 2.18. The van der Waals surface area contributed by atoms with Crippen molar-refractivity contribution in [2.24, 2.45) is 0 Å². The van der Waals surface area contributed by atoms with Gasteiger partial charge in [-0.15, -0.1) is 11.3 Å². The molecule has 88 valence electrons. The van der Waals surface area contributed by atoms with E-state index in [1.807, 2.05) is 18.4 Å². The molecule has 1 aromatic heterocycles. The summed E-state index contributed by atoms with van der Waals surface area (Å²) >= 11 is 1.68. The Morgan fingerprint density at radius 2 is 2.50 bits per heavy atom. The van der Waals surface area contributed by atoms with E-state index in [-0.39, 0.29) is 18.0 Å². The zero-order chi connectivity index (χ0) is 11.4.